The first-order chi connectivity index (χ1) is 6.34. The molecule has 2 aromatic rings. The van der Waals surface area contributed by atoms with E-state index in [9.17, 15) is 0 Å². The predicted molar refractivity (Wildman–Crippen MR) is 49.1 cm³/mol. The monoisotopic (exact) mass is 177 g/mol. The summed E-state index contributed by atoms with van der Waals surface area (Å²) in [5, 5.41) is 13.9. The Morgan fingerprint density at radius 1 is 1.62 bits per heavy atom. The van der Waals surface area contributed by atoms with Gasteiger partial charge in [0.25, 0.3) is 0 Å². The molecule has 0 amide bonds. The molecule has 0 unspecified atom stereocenters. The summed E-state index contributed by atoms with van der Waals surface area (Å²) in [5.41, 5.74) is 1.15. The molecule has 68 valence electrons. The SMILES string of the molecule is Cn1cc(CNc2ccn[nH]2)cn1. The van der Waals surface area contributed by atoms with Crippen molar-refractivity contribution in [2.24, 2.45) is 7.05 Å². The molecule has 0 spiro atoms. The van der Waals surface area contributed by atoms with E-state index in [1.54, 1.807) is 10.9 Å². The van der Waals surface area contributed by atoms with E-state index in [0.29, 0.717) is 0 Å². The van der Waals surface area contributed by atoms with E-state index >= 15 is 0 Å². The molecule has 0 aromatic carbocycles. The van der Waals surface area contributed by atoms with Gasteiger partial charge in [-0.2, -0.15) is 10.2 Å². The molecule has 0 aliphatic heterocycles. The Bertz CT molecular complexity index is 362. The van der Waals surface area contributed by atoms with Gasteiger partial charge in [-0.25, -0.2) is 0 Å². The van der Waals surface area contributed by atoms with Crippen LogP contribution in [-0.2, 0) is 13.6 Å². The summed E-state index contributed by atoms with van der Waals surface area (Å²) in [4.78, 5) is 0. The van der Waals surface area contributed by atoms with Gasteiger partial charge in [-0.1, -0.05) is 0 Å². The average Bonchev–Trinajstić information content (AvgIpc) is 2.71. The summed E-state index contributed by atoms with van der Waals surface area (Å²) in [6.45, 7) is 0.760. The molecule has 0 saturated carbocycles. The van der Waals surface area contributed by atoms with Gasteiger partial charge < -0.3 is 5.32 Å². The molecule has 0 aliphatic carbocycles. The highest BCUT2D eigenvalue weighted by Gasteiger charge is 1.96. The highest BCUT2D eigenvalue weighted by Crippen LogP contribution is 2.02. The van der Waals surface area contributed by atoms with Crippen LogP contribution in [0.2, 0.25) is 0 Å². The van der Waals surface area contributed by atoms with Gasteiger partial charge in [0.15, 0.2) is 0 Å². The Labute approximate surface area is 75.8 Å². The summed E-state index contributed by atoms with van der Waals surface area (Å²) >= 11 is 0. The van der Waals surface area contributed by atoms with Gasteiger partial charge in [-0.05, 0) is 6.07 Å². The molecule has 0 aliphatic rings. The minimum atomic E-state index is 0.760. The van der Waals surface area contributed by atoms with E-state index < -0.39 is 0 Å². The fourth-order valence-electron chi connectivity index (χ4n) is 1.11. The van der Waals surface area contributed by atoms with Crippen LogP contribution in [0.5, 0.6) is 0 Å². The standard InChI is InChI=1S/C8H11N5/c1-13-6-7(5-11-13)4-9-8-2-3-10-12-8/h2-3,5-6H,4H2,1H3,(H2,9,10,12). The van der Waals surface area contributed by atoms with Crippen LogP contribution < -0.4 is 5.32 Å². The lowest BCUT2D eigenvalue weighted by atomic mass is 10.3. The van der Waals surface area contributed by atoms with E-state index in [-0.39, 0.29) is 0 Å². The van der Waals surface area contributed by atoms with Crippen LogP contribution in [-0.4, -0.2) is 20.0 Å². The molecular weight excluding hydrogens is 166 g/mol. The van der Waals surface area contributed by atoms with E-state index in [4.69, 9.17) is 0 Å². The summed E-state index contributed by atoms with van der Waals surface area (Å²) < 4.78 is 1.78. The minimum absolute atomic E-state index is 0.760. The predicted octanol–water partition coefficient (Wildman–Crippen LogP) is 0.755. The fraction of sp³-hybridized carbons (Fsp3) is 0.250. The maximum absolute atomic E-state index is 4.07. The Kier molecular flexibility index (Phi) is 1.99. The molecule has 0 bridgehead atoms. The lowest BCUT2D eigenvalue weighted by Crippen LogP contribution is -1.98. The Balaban J connectivity index is 1.93. The average molecular weight is 177 g/mol. The second kappa shape index (κ2) is 3.30. The number of aromatic amines is 1. The van der Waals surface area contributed by atoms with E-state index in [2.05, 4.69) is 20.6 Å². The van der Waals surface area contributed by atoms with Crippen molar-refractivity contribution < 1.29 is 0 Å². The zero-order chi connectivity index (χ0) is 9.10. The lowest BCUT2D eigenvalue weighted by Gasteiger charge is -1.98. The first kappa shape index (κ1) is 7.85. The van der Waals surface area contributed by atoms with Gasteiger partial charge in [0, 0.05) is 25.4 Å². The molecule has 0 saturated heterocycles. The second-order valence-electron chi connectivity index (χ2n) is 2.85. The van der Waals surface area contributed by atoms with Crippen LogP contribution in [0.25, 0.3) is 0 Å². The first-order valence-electron chi connectivity index (χ1n) is 4.05. The highest BCUT2D eigenvalue weighted by molar-refractivity contribution is 5.32. The summed E-state index contributed by atoms with van der Waals surface area (Å²) in [6, 6.07) is 1.89. The zero-order valence-electron chi connectivity index (χ0n) is 7.36. The number of nitrogens with zero attached hydrogens (tertiary/aromatic N) is 3. The Morgan fingerprint density at radius 2 is 2.54 bits per heavy atom. The molecule has 0 radical (unpaired) electrons. The number of anilines is 1. The highest BCUT2D eigenvalue weighted by atomic mass is 15.2. The van der Waals surface area contributed by atoms with Crippen molar-refractivity contribution in [2.75, 3.05) is 5.32 Å². The van der Waals surface area contributed by atoms with Gasteiger partial charge in [0.05, 0.1) is 12.4 Å². The molecule has 0 fully saturated rings. The van der Waals surface area contributed by atoms with Crippen LogP contribution in [0.15, 0.2) is 24.7 Å². The first-order valence-corrected chi connectivity index (χ1v) is 4.05. The van der Waals surface area contributed by atoms with Crippen molar-refractivity contribution in [3.05, 3.63) is 30.2 Å². The molecule has 5 nitrogen and oxygen atoms in total. The number of H-pyrrole nitrogens is 1. The maximum Gasteiger partial charge on any atom is 0.121 e. The lowest BCUT2D eigenvalue weighted by molar-refractivity contribution is 0.767. The minimum Gasteiger partial charge on any atom is -0.366 e. The summed E-state index contributed by atoms with van der Waals surface area (Å²) in [7, 11) is 1.90. The Morgan fingerprint density at radius 3 is 3.15 bits per heavy atom. The maximum atomic E-state index is 4.07. The van der Waals surface area contributed by atoms with Crippen molar-refractivity contribution in [2.45, 2.75) is 6.54 Å². The quantitative estimate of drug-likeness (QED) is 0.727. The second-order valence-corrected chi connectivity index (χ2v) is 2.85. The van der Waals surface area contributed by atoms with Crippen LogP contribution >= 0.6 is 0 Å². The van der Waals surface area contributed by atoms with Gasteiger partial charge in [-0.15, -0.1) is 0 Å². The molecule has 2 aromatic heterocycles. The van der Waals surface area contributed by atoms with Crippen LogP contribution in [0.4, 0.5) is 5.82 Å². The van der Waals surface area contributed by atoms with Crippen molar-refractivity contribution in [3.63, 3.8) is 0 Å². The normalized spacial score (nSPS) is 10.2. The topological polar surface area (TPSA) is 58.5 Å². The third-order valence-electron chi connectivity index (χ3n) is 1.74. The Hall–Kier alpha value is -1.78. The van der Waals surface area contributed by atoms with E-state index in [0.717, 1.165) is 17.9 Å². The zero-order valence-corrected chi connectivity index (χ0v) is 7.36. The molecule has 0 atom stereocenters. The summed E-state index contributed by atoms with van der Waals surface area (Å²) in [6.07, 6.45) is 5.53. The number of aryl methyl sites for hydroxylation is 1. The van der Waals surface area contributed by atoms with Crippen LogP contribution in [0.1, 0.15) is 5.56 Å². The van der Waals surface area contributed by atoms with Crippen molar-refractivity contribution in [1.29, 1.82) is 0 Å². The van der Waals surface area contributed by atoms with Crippen molar-refractivity contribution in [1.82, 2.24) is 20.0 Å². The molecule has 2 rings (SSSR count). The smallest absolute Gasteiger partial charge is 0.121 e. The molecule has 2 heterocycles. The van der Waals surface area contributed by atoms with Crippen molar-refractivity contribution in [3.8, 4) is 0 Å². The van der Waals surface area contributed by atoms with Gasteiger partial charge >= 0.3 is 0 Å². The number of rotatable bonds is 3. The van der Waals surface area contributed by atoms with Crippen LogP contribution in [0, 0.1) is 0 Å². The third-order valence-corrected chi connectivity index (χ3v) is 1.74. The number of hydrogen-bond donors (Lipinski definition) is 2. The van der Waals surface area contributed by atoms with Gasteiger partial charge in [0.1, 0.15) is 5.82 Å². The fourth-order valence-corrected chi connectivity index (χ4v) is 1.11. The van der Waals surface area contributed by atoms with E-state index in [1.807, 2.05) is 25.5 Å². The molecule has 5 heteroatoms. The third kappa shape index (κ3) is 1.87. The molecule has 2 N–H and O–H groups in total. The van der Waals surface area contributed by atoms with Crippen LogP contribution in [0.3, 0.4) is 0 Å². The number of nitrogens with one attached hydrogen (secondary N) is 2. The largest absolute Gasteiger partial charge is 0.366 e. The number of aromatic nitrogens is 4. The van der Waals surface area contributed by atoms with Gasteiger partial charge in [-0.3, -0.25) is 9.78 Å². The van der Waals surface area contributed by atoms with Gasteiger partial charge in [0.2, 0.25) is 0 Å². The van der Waals surface area contributed by atoms with E-state index in [1.165, 1.54) is 0 Å². The molecular formula is C8H11N5. The number of hydrogen-bond acceptors (Lipinski definition) is 3. The summed E-state index contributed by atoms with van der Waals surface area (Å²) in [5.74, 6) is 0.920. The van der Waals surface area contributed by atoms with Crippen molar-refractivity contribution >= 4 is 5.82 Å². The molecule has 13 heavy (non-hydrogen) atoms.